The van der Waals surface area contributed by atoms with Crippen molar-refractivity contribution in [1.29, 1.82) is 0 Å². The first-order valence-corrected chi connectivity index (χ1v) is 14.3. The van der Waals surface area contributed by atoms with E-state index in [2.05, 4.69) is 15.1 Å². The van der Waals surface area contributed by atoms with Gasteiger partial charge in [-0.15, -0.1) is 0 Å². The first kappa shape index (κ1) is 29.4. The number of halogens is 3. The number of hydrogen-bond acceptors (Lipinski definition) is 6. The minimum Gasteiger partial charge on any atom is -0.493 e. The van der Waals surface area contributed by atoms with Crippen molar-refractivity contribution in [2.24, 2.45) is 16.6 Å². The van der Waals surface area contributed by atoms with Gasteiger partial charge in [0.25, 0.3) is 5.91 Å². The van der Waals surface area contributed by atoms with Crippen molar-refractivity contribution in [3.8, 4) is 22.9 Å². The smallest absolute Gasteiger partial charge is 0.419 e. The van der Waals surface area contributed by atoms with Crippen LogP contribution in [0.4, 0.5) is 13.2 Å². The van der Waals surface area contributed by atoms with Crippen LogP contribution in [0.1, 0.15) is 68.9 Å². The summed E-state index contributed by atoms with van der Waals surface area (Å²) in [6, 6.07) is 12.2. The van der Waals surface area contributed by atoms with Crippen LogP contribution >= 0.6 is 0 Å². The zero-order chi connectivity index (χ0) is 29.5. The van der Waals surface area contributed by atoms with Gasteiger partial charge in [-0.3, -0.25) is 4.79 Å². The maximum Gasteiger partial charge on any atom is 0.419 e. The van der Waals surface area contributed by atoms with Crippen LogP contribution in [0.25, 0.3) is 11.4 Å². The number of carbonyl (C=O) groups excluding carboxylic acids is 1. The summed E-state index contributed by atoms with van der Waals surface area (Å²) < 4.78 is 58.4. The van der Waals surface area contributed by atoms with Crippen LogP contribution in [0.2, 0.25) is 0 Å². The molecular weight excluding hydrogens is 551 g/mol. The van der Waals surface area contributed by atoms with E-state index in [9.17, 15) is 18.0 Å². The number of aliphatic imine (C=N–C) groups is 1. The van der Waals surface area contributed by atoms with E-state index in [1.54, 1.807) is 29.2 Å². The van der Waals surface area contributed by atoms with Gasteiger partial charge in [0.2, 0.25) is 11.7 Å². The van der Waals surface area contributed by atoms with Crippen LogP contribution < -0.4 is 15.2 Å². The molecule has 1 aromatic heterocycles. The first-order chi connectivity index (χ1) is 20.3. The van der Waals surface area contributed by atoms with Crippen molar-refractivity contribution >= 4 is 11.9 Å². The molecule has 2 heterocycles. The summed E-state index contributed by atoms with van der Waals surface area (Å²) in [4.78, 5) is 22.3. The van der Waals surface area contributed by atoms with Crippen molar-refractivity contribution < 1.29 is 32.0 Å². The largest absolute Gasteiger partial charge is 0.493 e. The summed E-state index contributed by atoms with van der Waals surface area (Å²) in [6.07, 6.45) is 3.19. The van der Waals surface area contributed by atoms with Gasteiger partial charge >= 0.3 is 6.18 Å². The summed E-state index contributed by atoms with van der Waals surface area (Å²) in [7, 11) is 0. The molecule has 2 aliphatic rings. The molecule has 0 unspecified atom stereocenters. The second kappa shape index (κ2) is 13.3. The van der Waals surface area contributed by atoms with Crippen LogP contribution in [-0.2, 0) is 11.0 Å². The van der Waals surface area contributed by atoms with Gasteiger partial charge in [-0.25, -0.2) is 0 Å². The molecular formula is C30H34F3N5O4. The maximum atomic E-state index is 14.0. The molecule has 224 valence electrons. The molecule has 1 saturated heterocycles. The molecule has 1 aliphatic heterocycles. The summed E-state index contributed by atoms with van der Waals surface area (Å²) in [6.45, 7) is 0.451. The van der Waals surface area contributed by atoms with Crippen LogP contribution in [0.3, 0.4) is 0 Å². The molecule has 0 bridgehead atoms. The number of aromatic nitrogens is 2. The Labute approximate surface area is 241 Å². The highest BCUT2D eigenvalue weighted by Gasteiger charge is 2.36. The van der Waals surface area contributed by atoms with Crippen LogP contribution in [-0.4, -0.2) is 46.7 Å². The number of para-hydroxylation sites is 1. The van der Waals surface area contributed by atoms with Crippen molar-refractivity contribution in [3.63, 3.8) is 0 Å². The lowest BCUT2D eigenvalue weighted by atomic mass is 9.87. The Bertz CT molecular complexity index is 1370. The van der Waals surface area contributed by atoms with E-state index in [0.717, 1.165) is 31.7 Å². The number of nitrogens with zero attached hydrogens (tertiary/aromatic N) is 4. The lowest BCUT2D eigenvalue weighted by Crippen LogP contribution is -2.38. The van der Waals surface area contributed by atoms with E-state index in [0.29, 0.717) is 24.6 Å². The number of likely N-dealkylation sites (tertiary alicyclic amines) is 1. The fraction of sp³-hybridized carbons (Fsp3) is 0.467. The standard InChI is InChI=1S/C30H34F3N5O4/c31-30(32,33)23-18-21(13-14-25(23)40-17-15-20-8-3-1-4-9-20)27-36-28(42-37-27)24-12-7-16-38(24)29(34)35-26(39)19-41-22-10-5-2-6-11-22/h2,5-6,10-11,13-14,18,20,24H,1,3-4,7-9,12,15-17,19H2,(H2,34,35,39)/t24-/m0/s1. The molecule has 1 saturated carbocycles. The number of ether oxygens (including phenoxy) is 2. The number of nitrogens with two attached hydrogens (primary N) is 1. The minimum atomic E-state index is -4.62. The highest BCUT2D eigenvalue weighted by atomic mass is 19.4. The number of guanidine groups is 1. The van der Waals surface area contributed by atoms with Crippen LogP contribution in [0, 0.1) is 5.92 Å². The third-order valence-corrected chi connectivity index (χ3v) is 7.67. The number of benzene rings is 2. The Balaban J connectivity index is 1.25. The maximum absolute atomic E-state index is 14.0. The van der Waals surface area contributed by atoms with E-state index >= 15 is 0 Å². The Morgan fingerprint density at radius 1 is 1.05 bits per heavy atom. The molecule has 2 fully saturated rings. The van der Waals surface area contributed by atoms with E-state index in [-0.39, 0.29) is 42.2 Å². The molecule has 1 amide bonds. The Hall–Kier alpha value is -4.09. The number of rotatable bonds is 9. The molecule has 42 heavy (non-hydrogen) atoms. The van der Waals surface area contributed by atoms with Gasteiger partial charge in [-0.1, -0.05) is 55.5 Å². The summed E-state index contributed by atoms with van der Waals surface area (Å²) in [5, 5.41) is 3.94. The number of hydrogen-bond donors (Lipinski definition) is 1. The van der Waals surface area contributed by atoms with Gasteiger partial charge in [0.05, 0.1) is 12.2 Å². The first-order valence-electron chi connectivity index (χ1n) is 14.3. The number of amides is 1. The number of carbonyl (C=O) groups is 1. The van der Waals surface area contributed by atoms with Gasteiger partial charge in [0, 0.05) is 12.1 Å². The summed E-state index contributed by atoms with van der Waals surface area (Å²) >= 11 is 0. The van der Waals surface area contributed by atoms with Gasteiger partial charge in [-0.2, -0.15) is 23.1 Å². The van der Waals surface area contributed by atoms with Gasteiger partial charge in [0.15, 0.2) is 12.6 Å². The van der Waals surface area contributed by atoms with Crippen molar-refractivity contribution in [2.45, 2.75) is 63.6 Å². The second-order valence-corrected chi connectivity index (χ2v) is 10.6. The predicted molar refractivity (Wildman–Crippen MR) is 149 cm³/mol. The zero-order valence-electron chi connectivity index (χ0n) is 23.2. The SMILES string of the molecule is NC(=NC(=O)COc1ccccc1)N1CCC[C@H]1c1nc(-c2ccc(OCCC3CCCCC3)c(C(F)(F)F)c2)no1. The second-order valence-electron chi connectivity index (χ2n) is 10.6. The highest BCUT2D eigenvalue weighted by Crippen LogP contribution is 2.39. The van der Waals surface area contributed by atoms with Crippen LogP contribution in [0.15, 0.2) is 58.0 Å². The van der Waals surface area contributed by atoms with Crippen molar-refractivity contribution in [2.75, 3.05) is 19.8 Å². The average Bonchev–Trinajstić information content (AvgIpc) is 3.67. The fourth-order valence-corrected chi connectivity index (χ4v) is 5.50. The quantitative estimate of drug-likeness (QED) is 0.234. The number of alkyl halides is 3. The predicted octanol–water partition coefficient (Wildman–Crippen LogP) is 6.16. The Morgan fingerprint density at radius 2 is 1.83 bits per heavy atom. The highest BCUT2D eigenvalue weighted by molar-refractivity contribution is 5.93. The average molecular weight is 586 g/mol. The molecule has 2 aromatic carbocycles. The minimum absolute atomic E-state index is 0.0129. The monoisotopic (exact) mass is 585 g/mol. The lowest BCUT2D eigenvalue weighted by molar-refractivity contribution is -0.139. The summed E-state index contributed by atoms with van der Waals surface area (Å²) in [5.41, 5.74) is 5.40. The van der Waals surface area contributed by atoms with Crippen molar-refractivity contribution in [3.05, 3.63) is 60.0 Å². The molecule has 9 nitrogen and oxygen atoms in total. The van der Waals surface area contributed by atoms with E-state index in [4.69, 9.17) is 19.7 Å². The third kappa shape index (κ3) is 7.40. The Kier molecular flexibility index (Phi) is 9.28. The lowest BCUT2D eigenvalue weighted by Gasteiger charge is -2.22. The third-order valence-electron chi connectivity index (χ3n) is 7.67. The van der Waals surface area contributed by atoms with E-state index in [1.165, 1.54) is 31.4 Å². The van der Waals surface area contributed by atoms with Crippen LogP contribution in [0.5, 0.6) is 11.5 Å². The fourth-order valence-electron chi connectivity index (χ4n) is 5.50. The van der Waals surface area contributed by atoms with Gasteiger partial charge < -0.3 is 24.6 Å². The molecule has 0 spiro atoms. The van der Waals surface area contributed by atoms with E-state index in [1.807, 2.05) is 6.07 Å². The zero-order valence-corrected chi connectivity index (χ0v) is 23.2. The molecule has 12 heteroatoms. The molecule has 1 atom stereocenters. The molecule has 3 aromatic rings. The van der Waals surface area contributed by atoms with Gasteiger partial charge in [0.1, 0.15) is 17.5 Å². The van der Waals surface area contributed by atoms with E-state index < -0.39 is 23.7 Å². The molecule has 1 aliphatic carbocycles. The molecule has 2 N–H and O–H groups in total. The summed E-state index contributed by atoms with van der Waals surface area (Å²) in [5.74, 6) is 0.429. The van der Waals surface area contributed by atoms with Crippen molar-refractivity contribution in [1.82, 2.24) is 15.0 Å². The molecule has 0 radical (unpaired) electrons. The topological polar surface area (TPSA) is 116 Å². The Morgan fingerprint density at radius 3 is 2.60 bits per heavy atom. The molecule has 5 rings (SSSR count). The van der Waals surface area contributed by atoms with Gasteiger partial charge in [-0.05, 0) is 55.5 Å². The normalized spacial score (nSPS) is 18.3.